The van der Waals surface area contributed by atoms with E-state index < -0.39 is 12.0 Å². The van der Waals surface area contributed by atoms with Gasteiger partial charge in [0.25, 0.3) is 0 Å². The molecule has 31 heavy (non-hydrogen) atoms. The van der Waals surface area contributed by atoms with Crippen LogP contribution in [0.1, 0.15) is 86.0 Å². The van der Waals surface area contributed by atoms with Crippen LogP contribution in [-0.4, -0.2) is 17.8 Å². The maximum absolute atomic E-state index is 12.2. The van der Waals surface area contributed by atoms with Gasteiger partial charge in [-0.25, -0.2) is 10.3 Å². The largest absolute Gasteiger partial charge is 0.348 e. The zero-order chi connectivity index (χ0) is 22.6. The molecule has 3 saturated carbocycles. The number of hydrogen-bond acceptors (Lipinski definition) is 5. The maximum Gasteiger partial charge on any atom is 0.348 e. The predicted octanol–water partition coefficient (Wildman–Crippen LogP) is 4.82. The van der Waals surface area contributed by atoms with Gasteiger partial charge >= 0.3 is 5.97 Å². The van der Waals surface area contributed by atoms with Crippen molar-refractivity contribution in [2.24, 2.45) is 40.2 Å². The monoisotopic (exact) mass is 428 g/mol. The average molecular weight is 429 g/mol. The summed E-state index contributed by atoms with van der Waals surface area (Å²) < 4.78 is 0. The summed E-state index contributed by atoms with van der Waals surface area (Å²) in [5.74, 6) is 2.05. The first-order valence-corrected chi connectivity index (χ1v) is 12.2. The SMILES string of the molecule is C/C(NOC(=O)[C@@H](N)C(C)C)=C1\CC[C@H]2[C@@H]3CCC4=CC(=O)CC[C@]4(C)[C@H]3CC[C@]12C. The number of fused-ring (bicyclic) bond motifs is 5. The van der Waals surface area contributed by atoms with Gasteiger partial charge in [0.2, 0.25) is 0 Å². The molecule has 5 nitrogen and oxygen atoms in total. The third kappa shape index (κ3) is 3.67. The summed E-state index contributed by atoms with van der Waals surface area (Å²) in [6.07, 6.45) is 10.7. The van der Waals surface area contributed by atoms with Crippen LogP contribution in [0.3, 0.4) is 0 Å². The van der Waals surface area contributed by atoms with E-state index >= 15 is 0 Å². The molecule has 4 rings (SSSR count). The quantitative estimate of drug-likeness (QED) is 0.627. The first-order chi connectivity index (χ1) is 14.6. The van der Waals surface area contributed by atoms with Crippen LogP contribution in [0.25, 0.3) is 0 Å². The maximum atomic E-state index is 12.2. The average Bonchev–Trinajstić information content (AvgIpc) is 3.09. The Balaban J connectivity index is 1.52. The first kappa shape index (κ1) is 22.6. The van der Waals surface area contributed by atoms with Crippen molar-refractivity contribution in [3.8, 4) is 0 Å². The number of hydrogen-bond donors (Lipinski definition) is 2. The molecule has 0 amide bonds. The summed E-state index contributed by atoms with van der Waals surface area (Å²) in [7, 11) is 0. The molecule has 172 valence electrons. The van der Waals surface area contributed by atoms with Gasteiger partial charge in [0.1, 0.15) is 6.04 Å². The van der Waals surface area contributed by atoms with E-state index in [9.17, 15) is 9.59 Å². The number of rotatable bonds is 4. The first-order valence-electron chi connectivity index (χ1n) is 12.2. The van der Waals surface area contributed by atoms with Crippen molar-refractivity contribution in [3.63, 3.8) is 0 Å². The lowest BCUT2D eigenvalue weighted by molar-refractivity contribution is -0.152. The van der Waals surface area contributed by atoms with Crippen LogP contribution >= 0.6 is 0 Å². The van der Waals surface area contributed by atoms with Crippen LogP contribution in [-0.2, 0) is 14.4 Å². The van der Waals surface area contributed by atoms with Gasteiger partial charge in [0.05, 0.1) is 0 Å². The van der Waals surface area contributed by atoms with Crippen molar-refractivity contribution in [2.75, 3.05) is 0 Å². The molecule has 0 aromatic heterocycles. The van der Waals surface area contributed by atoms with Crippen LogP contribution < -0.4 is 11.2 Å². The van der Waals surface area contributed by atoms with Crippen molar-refractivity contribution >= 4 is 11.8 Å². The van der Waals surface area contributed by atoms with Crippen molar-refractivity contribution in [1.82, 2.24) is 5.48 Å². The second-order valence-corrected chi connectivity index (χ2v) is 11.4. The molecule has 0 unspecified atom stereocenters. The number of carbonyl (C=O) groups is 2. The number of nitrogens with two attached hydrogens (primary N) is 1. The summed E-state index contributed by atoms with van der Waals surface area (Å²) in [5.41, 5.74) is 13.1. The Morgan fingerprint density at radius 2 is 1.81 bits per heavy atom. The molecule has 5 heteroatoms. The summed E-state index contributed by atoms with van der Waals surface area (Å²) in [5, 5.41) is 0. The number of allylic oxidation sites excluding steroid dienone is 3. The molecule has 0 aromatic rings. The Labute approximate surface area is 187 Å². The standard InChI is InChI=1S/C26H40N2O3/c1-15(2)23(27)24(30)31-28-16(3)20-8-9-21-19-7-6-17-14-18(29)10-12-25(17,4)22(19)11-13-26(20,21)5/h14-15,19,21-23,28H,6-13,27H2,1-5H3/b20-16-/t19-,21-,22-,23-,25-,26+/m0/s1. The van der Waals surface area contributed by atoms with E-state index in [1.807, 2.05) is 26.8 Å². The normalized spacial score (nSPS) is 39.8. The third-order valence-electron chi connectivity index (χ3n) is 9.49. The summed E-state index contributed by atoms with van der Waals surface area (Å²) in [4.78, 5) is 29.6. The summed E-state index contributed by atoms with van der Waals surface area (Å²) >= 11 is 0. The lowest BCUT2D eigenvalue weighted by Crippen LogP contribution is -2.49. The van der Waals surface area contributed by atoms with E-state index in [-0.39, 0.29) is 16.7 Å². The minimum absolute atomic E-state index is 0.0487. The van der Waals surface area contributed by atoms with E-state index in [1.54, 1.807) is 0 Å². The fourth-order valence-corrected chi connectivity index (χ4v) is 7.52. The molecule has 0 radical (unpaired) electrons. The molecule has 0 heterocycles. The highest BCUT2D eigenvalue weighted by molar-refractivity contribution is 5.91. The highest BCUT2D eigenvalue weighted by Gasteiger charge is 2.57. The van der Waals surface area contributed by atoms with Gasteiger partial charge in [-0.15, -0.1) is 0 Å². The van der Waals surface area contributed by atoms with E-state index in [2.05, 4.69) is 19.3 Å². The Hall–Kier alpha value is -1.62. The Kier molecular flexibility index (Phi) is 5.87. The number of nitrogens with one attached hydrogen (secondary N) is 1. The van der Waals surface area contributed by atoms with Gasteiger partial charge in [0.15, 0.2) is 5.78 Å². The second kappa shape index (κ2) is 8.06. The smallest absolute Gasteiger partial charge is 0.342 e. The van der Waals surface area contributed by atoms with Crippen molar-refractivity contribution < 1.29 is 14.4 Å². The minimum atomic E-state index is -0.611. The summed E-state index contributed by atoms with van der Waals surface area (Å²) in [6.45, 7) is 10.7. The molecule has 0 aliphatic heterocycles. The van der Waals surface area contributed by atoms with Crippen molar-refractivity contribution in [1.29, 1.82) is 0 Å². The highest BCUT2D eigenvalue weighted by atomic mass is 16.7. The third-order valence-corrected chi connectivity index (χ3v) is 9.49. The van der Waals surface area contributed by atoms with Gasteiger partial charge in [-0.2, -0.15) is 0 Å². The number of ketones is 1. The van der Waals surface area contributed by atoms with E-state index in [1.165, 1.54) is 36.8 Å². The van der Waals surface area contributed by atoms with Crippen LogP contribution in [0.2, 0.25) is 0 Å². The zero-order valence-corrected chi connectivity index (χ0v) is 19.9. The Morgan fingerprint density at radius 1 is 1.10 bits per heavy atom. The topological polar surface area (TPSA) is 81.4 Å². The van der Waals surface area contributed by atoms with Crippen LogP contribution in [0, 0.1) is 34.5 Å². The van der Waals surface area contributed by atoms with Gasteiger partial charge in [-0.1, -0.05) is 33.3 Å². The molecule has 0 spiro atoms. The van der Waals surface area contributed by atoms with Crippen LogP contribution in [0.4, 0.5) is 0 Å². The van der Waals surface area contributed by atoms with E-state index in [0.717, 1.165) is 30.9 Å². The number of hydroxylamine groups is 1. The molecule has 3 fully saturated rings. The van der Waals surface area contributed by atoms with Crippen LogP contribution in [0.5, 0.6) is 0 Å². The van der Waals surface area contributed by atoms with Gasteiger partial charge in [-0.05, 0) is 98.0 Å². The van der Waals surface area contributed by atoms with Gasteiger partial charge in [0, 0.05) is 12.1 Å². The summed E-state index contributed by atoms with van der Waals surface area (Å²) in [6, 6.07) is -0.611. The predicted molar refractivity (Wildman–Crippen MR) is 121 cm³/mol. The lowest BCUT2D eigenvalue weighted by Gasteiger charge is -2.57. The molecule has 6 atom stereocenters. The molecular formula is C26H40N2O3. The molecule has 4 aliphatic carbocycles. The van der Waals surface area contributed by atoms with Crippen LogP contribution in [0.15, 0.2) is 22.9 Å². The van der Waals surface area contributed by atoms with E-state index in [4.69, 9.17) is 10.6 Å². The Morgan fingerprint density at radius 3 is 2.52 bits per heavy atom. The van der Waals surface area contributed by atoms with E-state index in [0.29, 0.717) is 24.0 Å². The lowest BCUT2D eigenvalue weighted by atomic mass is 9.47. The minimum Gasteiger partial charge on any atom is -0.342 e. The van der Waals surface area contributed by atoms with Crippen molar-refractivity contribution in [2.45, 2.75) is 92.0 Å². The molecule has 0 saturated heterocycles. The molecule has 0 bridgehead atoms. The fraction of sp³-hybridized carbons (Fsp3) is 0.769. The zero-order valence-electron chi connectivity index (χ0n) is 19.9. The fourth-order valence-electron chi connectivity index (χ4n) is 7.52. The molecular weight excluding hydrogens is 388 g/mol. The molecule has 0 aromatic carbocycles. The van der Waals surface area contributed by atoms with Gasteiger partial charge in [-0.3, -0.25) is 4.79 Å². The van der Waals surface area contributed by atoms with Gasteiger partial charge < -0.3 is 10.6 Å². The second-order valence-electron chi connectivity index (χ2n) is 11.4. The van der Waals surface area contributed by atoms with Crippen molar-refractivity contribution in [3.05, 3.63) is 22.9 Å². The number of carbonyl (C=O) groups excluding carboxylic acids is 2. The highest BCUT2D eigenvalue weighted by Crippen LogP contribution is 2.66. The molecule has 4 aliphatic rings. The Bertz CT molecular complexity index is 829. The molecule has 3 N–H and O–H groups in total.